The Balaban J connectivity index is 2.46. The van der Waals surface area contributed by atoms with Gasteiger partial charge in [0.2, 0.25) is 0 Å². The summed E-state index contributed by atoms with van der Waals surface area (Å²) in [4.78, 5) is 31.1. The highest BCUT2D eigenvalue weighted by Gasteiger charge is 2.19. The molecule has 0 aromatic carbocycles. The molecule has 0 aliphatic carbocycles. The number of aromatic nitrogens is 4. The summed E-state index contributed by atoms with van der Waals surface area (Å²) in [7, 11) is 1.22. The van der Waals surface area contributed by atoms with E-state index >= 15 is 0 Å². The quantitative estimate of drug-likeness (QED) is 0.793. The zero-order chi connectivity index (χ0) is 15.4. The molecule has 0 saturated carbocycles. The predicted octanol–water partition coefficient (Wildman–Crippen LogP) is 0.208. The molecule has 0 aliphatic rings. The van der Waals surface area contributed by atoms with Crippen LogP contribution in [0.5, 0.6) is 0 Å². The highest BCUT2D eigenvalue weighted by molar-refractivity contribution is 5.93. The van der Waals surface area contributed by atoms with Gasteiger partial charge in [0.25, 0.3) is 5.82 Å². The van der Waals surface area contributed by atoms with Crippen LogP contribution < -0.4 is 5.73 Å². The molecule has 21 heavy (non-hydrogen) atoms. The summed E-state index contributed by atoms with van der Waals surface area (Å²) in [5.74, 6) is -1.28. The van der Waals surface area contributed by atoms with Crippen molar-refractivity contribution < 1.29 is 19.1 Å². The van der Waals surface area contributed by atoms with Crippen molar-refractivity contribution in [2.75, 3.05) is 19.5 Å². The van der Waals surface area contributed by atoms with Crippen molar-refractivity contribution in [1.82, 2.24) is 19.7 Å². The maximum atomic E-state index is 11.9. The van der Waals surface area contributed by atoms with E-state index in [9.17, 15) is 9.59 Å². The molecular formula is C12H13N5O4. The molecule has 0 aliphatic heterocycles. The molecule has 110 valence electrons. The molecule has 2 N–H and O–H groups in total. The van der Waals surface area contributed by atoms with Gasteiger partial charge in [0.1, 0.15) is 11.9 Å². The largest absolute Gasteiger partial charge is 0.463 e. The first-order valence-electron chi connectivity index (χ1n) is 5.99. The highest BCUT2D eigenvalue weighted by atomic mass is 16.5. The summed E-state index contributed by atoms with van der Waals surface area (Å²) in [6.07, 6.45) is 2.60. The smallest absolute Gasteiger partial charge is 0.377 e. The topological polar surface area (TPSA) is 122 Å². The second kappa shape index (κ2) is 5.99. The molecule has 9 nitrogen and oxygen atoms in total. The molecule has 0 spiro atoms. The van der Waals surface area contributed by atoms with Crippen molar-refractivity contribution in [2.45, 2.75) is 6.92 Å². The molecular weight excluding hydrogens is 278 g/mol. The molecule has 2 rings (SSSR count). The van der Waals surface area contributed by atoms with Crippen LogP contribution in [0.1, 0.15) is 27.9 Å². The Bertz CT molecular complexity index is 682. The van der Waals surface area contributed by atoms with Crippen molar-refractivity contribution in [3.05, 3.63) is 30.0 Å². The zero-order valence-corrected chi connectivity index (χ0v) is 11.4. The first kappa shape index (κ1) is 14.4. The predicted molar refractivity (Wildman–Crippen MR) is 70.9 cm³/mol. The van der Waals surface area contributed by atoms with Crippen LogP contribution in [0.15, 0.2) is 18.6 Å². The normalized spacial score (nSPS) is 10.2. The van der Waals surface area contributed by atoms with E-state index in [0.29, 0.717) is 5.69 Å². The average molecular weight is 291 g/mol. The Labute approximate surface area is 119 Å². The lowest BCUT2D eigenvalue weighted by atomic mass is 10.2. The third-order valence-electron chi connectivity index (χ3n) is 2.46. The number of nitrogen functional groups attached to an aromatic ring is 1. The second-order valence-corrected chi connectivity index (χ2v) is 3.86. The number of nitrogens with zero attached hydrogens (tertiary/aromatic N) is 4. The van der Waals surface area contributed by atoms with Crippen LogP contribution in [0.4, 0.5) is 5.69 Å². The molecule has 0 amide bonds. The van der Waals surface area contributed by atoms with Crippen molar-refractivity contribution in [3.63, 3.8) is 0 Å². The summed E-state index contributed by atoms with van der Waals surface area (Å²) < 4.78 is 10.6. The van der Waals surface area contributed by atoms with Crippen molar-refractivity contribution in [3.8, 4) is 5.82 Å². The van der Waals surface area contributed by atoms with Crippen LogP contribution in [-0.4, -0.2) is 45.4 Å². The van der Waals surface area contributed by atoms with Crippen molar-refractivity contribution in [2.24, 2.45) is 0 Å². The molecule has 0 bridgehead atoms. The van der Waals surface area contributed by atoms with E-state index in [0.717, 1.165) is 0 Å². The Morgan fingerprint density at radius 2 is 2.10 bits per heavy atom. The van der Waals surface area contributed by atoms with Gasteiger partial charge in [0, 0.05) is 0 Å². The number of carbonyl (C=O) groups excluding carboxylic acids is 2. The van der Waals surface area contributed by atoms with Gasteiger partial charge in [-0.2, -0.15) is 0 Å². The van der Waals surface area contributed by atoms with Crippen LogP contribution in [-0.2, 0) is 9.47 Å². The van der Waals surface area contributed by atoms with Gasteiger partial charge < -0.3 is 15.2 Å². The fourth-order valence-corrected chi connectivity index (χ4v) is 1.57. The molecule has 2 aromatic rings. The summed E-state index contributed by atoms with van der Waals surface area (Å²) >= 11 is 0. The van der Waals surface area contributed by atoms with Gasteiger partial charge in [0.05, 0.1) is 25.6 Å². The number of esters is 2. The minimum atomic E-state index is -0.693. The highest BCUT2D eigenvalue weighted by Crippen LogP contribution is 2.15. The van der Waals surface area contributed by atoms with E-state index < -0.39 is 11.9 Å². The first-order valence-corrected chi connectivity index (χ1v) is 5.99. The SMILES string of the molecule is CCOC(=O)c1cc(N)cnc1-n1cnc(C(=O)OC)n1. The number of methoxy groups -OCH3 is 1. The summed E-state index contributed by atoms with van der Waals surface area (Å²) in [5, 5.41) is 3.90. The summed E-state index contributed by atoms with van der Waals surface area (Å²) in [5.41, 5.74) is 6.05. The van der Waals surface area contributed by atoms with Crippen LogP contribution in [0, 0.1) is 0 Å². The lowest BCUT2D eigenvalue weighted by Crippen LogP contribution is -2.13. The fourth-order valence-electron chi connectivity index (χ4n) is 1.57. The minimum absolute atomic E-state index is 0.123. The summed E-state index contributed by atoms with van der Waals surface area (Å²) in [6.45, 7) is 1.89. The monoisotopic (exact) mass is 291 g/mol. The molecule has 9 heteroatoms. The van der Waals surface area contributed by atoms with E-state index in [1.54, 1.807) is 6.92 Å². The minimum Gasteiger partial charge on any atom is -0.463 e. The van der Waals surface area contributed by atoms with E-state index in [1.165, 1.54) is 30.4 Å². The Kier molecular flexibility index (Phi) is 4.12. The number of hydrogen-bond donors (Lipinski definition) is 1. The number of carbonyl (C=O) groups is 2. The van der Waals surface area contributed by atoms with E-state index in [2.05, 4.69) is 19.8 Å². The van der Waals surface area contributed by atoms with Crippen LogP contribution in [0.25, 0.3) is 5.82 Å². The van der Waals surface area contributed by atoms with Gasteiger partial charge in [-0.15, -0.1) is 5.10 Å². The first-order chi connectivity index (χ1) is 10.1. The molecule has 2 aromatic heterocycles. The molecule has 0 fully saturated rings. The van der Waals surface area contributed by atoms with Crippen molar-refractivity contribution in [1.29, 1.82) is 0 Å². The van der Waals surface area contributed by atoms with Gasteiger partial charge in [-0.05, 0) is 13.0 Å². The fraction of sp³-hybridized carbons (Fsp3) is 0.250. The maximum absolute atomic E-state index is 11.9. The summed E-state index contributed by atoms with van der Waals surface area (Å²) in [6, 6.07) is 1.42. The van der Waals surface area contributed by atoms with Gasteiger partial charge in [-0.3, -0.25) is 0 Å². The molecule has 2 heterocycles. The number of hydrogen-bond acceptors (Lipinski definition) is 8. The lowest BCUT2D eigenvalue weighted by Gasteiger charge is -2.08. The van der Waals surface area contributed by atoms with Crippen molar-refractivity contribution >= 4 is 17.6 Å². The van der Waals surface area contributed by atoms with Crippen LogP contribution >= 0.6 is 0 Å². The van der Waals surface area contributed by atoms with Gasteiger partial charge in [0.15, 0.2) is 5.82 Å². The van der Waals surface area contributed by atoms with E-state index in [-0.39, 0.29) is 23.8 Å². The number of nitrogens with two attached hydrogens (primary N) is 1. The van der Waals surface area contributed by atoms with Gasteiger partial charge in [-0.1, -0.05) is 0 Å². The maximum Gasteiger partial charge on any atom is 0.377 e. The van der Waals surface area contributed by atoms with E-state index in [1.807, 2.05) is 0 Å². The molecule has 0 unspecified atom stereocenters. The number of pyridine rings is 1. The Morgan fingerprint density at radius 3 is 2.76 bits per heavy atom. The second-order valence-electron chi connectivity index (χ2n) is 3.86. The molecule has 0 saturated heterocycles. The lowest BCUT2D eigenvalue weighted by molar-refractivity contribution is 0.0525. The van der Waals surface area contributed by atoms with Gasteiger partial charge in [-0.25, -0.2) is 24.2 Å². The number of rotatable bonds is 4. The van der Waals surface area contributed by atoms with E-state index in [4.69, 9.17) is 10.5 Å². The third-order valence-corrected chi connectivity index (χ3v) is 2.46. The number of ether oxygens (including phenoxy) is 2. The molecule has 0 atom stereocenters. The standard InChI is InChI=1S/C12H13N5O4/c1-3-21-11(18)8-4-7(13)5-14-10(8)17-6-15-9(16-17)12(19)20-2/h4-6H,3,13H2,1-2H3. The Hall–Kier alpha value is -2.97. The third kappa shape index (κ3) is 2.96. The zero-order valence-electron chi connectivity index (χ0n) is 11.4. The average Bonchev–Trinajstić information content (AvgIpc) is 2.96. The van der Waals surface area contributed by atoms with Crippen LogP contribution in [0.2, 0.25) is 0 Å². The van der Waals surface area contributed by atoms with Crippen LogP contribution in [0.3, 0.4) is 0 Å². The Morgan fingerprint density at radius 1 is 1.33 bits per heavy atom. The van der Waals surface area contributed by atoms with Gasteiger partial charge >= 0.3 is 11.9 Å². The number of anilines is 1. The molecule has 0 radical (unpaired) electrons.